The average Bonchev–Trinajstić information content (AvgIpc) is 4.02. The van der Waals surface area contributed by atoms with Gasteiger partial charge in [0.15, 0.2) is 5.78 Å². The SMILES string of the molecule is C=CC1=C(C)C(CC2=N/C(=C3\c4[nH]c(CC5=NC(C=O)C(C)=C5CC)c(C)c4C(=O)[C@@H]3C(=O)OC)[C@@H](CCC(=O)OC/C=C(\C)CCC[C@H](C)CCC[C@H](C)CCCC(C)C)[C@@H]2C)NC1=O. The zero-order valence-corrected chi connectivity index (χ0v) is 41.9. The topological polar surface area (TPSA) is 156 Å². The number of esters is 2. The predicted molar refractivity (Wildman–Crippen MR) is 264 cm³/mol. The molecule has 0 spiro atoms. The number of rotatable bonds is 25. The van der Waals surface area contributed by atoms with Gasteiger partial charge in [-0.3, -0.25) is 29.2 Å². The van der Waals surface area contributed by atoms with E-state index in [4.69, 9.17) is 19.5 Å². The van der Waals surface area contributed by atoms with Gasteiger partial charge in [0.05, 0.1) is 24.5 Å². The molecule has 2 N–H and O–H groups in total. The lowest BCUT2D eigenvalue weighted by Crippen LogP contribution is -2.32. The highest BCUT2D eigenvalue weighted by Gasteiger charge is 2.49. The standard InChI is InChI=1S/C55H78N4O7/c1-13-39-35(8)46(30-60)56-45(39)29-44-38(11)48-52(58-44)49(50(53(48)62)55(64)65-12)51-41(37(10)42(57-51)28-43-36(9)40(14-2)54(63)59-43)24-25-47(61)66-27-26-34(7)23-17-22-33(6)21-16-20-32(5)19-15-18-31(3)4/h14,26,30-33,37,41,43,46,50,58H,2,13,15-25,27-29H2,1,3-12H3,(H,59,63)/b34-26+,51-49-/t32-,33-,37+,41+,43?,46?,50-/m1/s1. The third kappa shape index (κ3) is 12.1. The molecule has 0 fully saturated rings. The summed E-state index contributed by atoms with van der Waals surface area (Å²) >= 11 is 0. The highest BCUT2D eigenvalue weighted by molar-refractivity contribution is 6.24. The lowest BCUT2D eigenvalue weighted by atomic mass is 9.82. The molecule has 4 aliphatic rings. The summed E-state index contributed by atoms with van der Waals surface area (Å²) in [4.78, 5) is 79.6. The zero-order chi connectivity index (χ0) is 48.4. The molecule has 66 heavy (non-hydrogen) atoms. The van der Waals surface area contributed by atoms with Crippen LogP contribution < -0.4 is 5.32 Å². The Bertz CT molecular complexity index is 2210. The lowest BCUT2D eigenvalue weighted by molar-refractivity contribution is -0.143. The largest absolute Gasteiger partial charge is 0.468 e. The van der Waals surface area contributed by atoms with Crippen LogP contribution in [0.3, 0.4) is 0 Å². The van der Waals surface area contributed by atoms with E-state index in [0.29, 0.717) is 65.3 Å². The molecule has 1 aliphatic carbocycles. The molecular formula is C55H78N4O7. The Kier molecular flexibility index (Phi) is 18.7. The molecule has 0 bridgehead atoms. The summed E-state index contributed by atoms with van der Waals surface area (Å²) in [6.45, 7) is 25.3. The first-order chi connectivity index (χ1) is 31.4. The highest BCUT2D eigenvalue weighted by Crippen LogP contribution is 2.49. The van der Waals surface area contributed by atoms with Crippen LogP contribution in [0.2, 0.25) is 0 Å². The Labute approximate surface area is 394 Å². The number of methoxy groups -OCH3 is 1. The molecule has 0 aromatic carbocycles. The number of aromatic nitrogens is 1. The minimum absolute atomic E-state index is 0.108. The van der Waals surface area contributed by atoms with Crippen LogP contribution in [0.1, 0.15) is 173 Å². The number of carbonyl (C=O) groups is 5. The number of aliphatic imine (C=N–C) groups is 2. The van der Waals surface area contributed by atoms with Crippen molar-refractivity contribution < 1.29 is 33.4 Å². The fourth-order valence-corrected chi connectivity index (χ4v) is 10.6. The summed E-state index contributed by atoms with van der Waals surface area (Å²) in [5.41, 5.74) is 9.59. The molecule has 7 atom stereocenters. The number of nitrogens with zero attached hydrogens (tertiary/aromatic N) is 2. The number of Topliss-reactive ketones (excluding diaryl/α,β-unsaturated/α-hetero) is 1. The molecule has 11 heteroatoms. The van der Waals surface area contributed by atoms with Crippen molar-refractivity contribution >= 4 is 46.9 Å². The third-order valence-corrected chi connectivity index (χ3v) is 14.9. The summed E-state index contributed by atoms with van der Waals surface area (Å²) in [7, 11) is 1.27. The van der Waals surface area contributed by atoms with Gasteiger partial charge < -0.3 is 24.6 Å². The monoisotopic (exact) mass is 907 g/mol. The van der Waals surface area contributed by atoms with Crippen LogP contribution in [0.5, 0.6) is 0 Å². The first-order valence-corrected chi connectivity index (χ1v) is 24.8. The van der Waals surface area contributed by atoms with E-state index in [1.165, 1.54) is 57.6 Å². The van der Waals surface area contributed by atoms with Gasteiger partial charge >= 0.3 is 11.9 Å². The number of hydrogen-bond donors (Lipinski definition) is 2. The number of carbonyl (C=O) groups excluding carboxylic acids is 5. The predicted octanol–water partition coefficient (Wildman–Crippen LogP) is 11.1. The molecule has 11 nitrogen and oxygen atoms in total. The van der Waals surface area contributed by atoms with E-state index < -0.39 is 17.9 Å². The minimum Gasteiger partial charge on any atom is -0.468 e. The summed E-state index contributed by atoms with van der Waals surface area (Å²) in [6.07, 6.45) is 17.6. The number of ketones is 1. The van der Waals surface area contributed by atoms with Crippen LogP contribution in [0.4, 0.5) is 0 Å². The second-order valence-corrected chi connectivity index (χ2v) is 20.1. The van der Waals surface area contributed by atoms with Gasteiger partial charge in [0.25, 0.3) is 5.91 Å². The number of H-pyrrole nitrogens is 1. The number of allylic oxidation sites excluding steroid dienone is 3. The van der Waals surface area contributed by atoms with Crippen LogP contribution in [-0.2, 0) is 35.1 Å². The average molecular weight is 907 g/mol. The number of ether oxygens (including phenoxy) is 2. The van der Waals surface area contributed by atoms with Crippen molar-refractivity contribution in [2.24, 2.45) is 45.5 Å². The second kappa shape index (κ2) is 23.7. The lowest BCUT2D eigenvalue weighted by Gasteiger charge is -2.21. The van der Waals surface area contributed by atoms with Gasteiger partial charge in [-0.15, -0.1) is 0 Å². The number of nitrogens with one attached hydrogen (secondary N) is 2. The maximum atomic E-state index is 14.4. The van der Waals surface area contributed by atoms with Crippen molar-refractivity contribution in [3.05, 3.63) is 74.8 Å². The highest BCUT2D eigenvalue weighted by atomic mass is 16.5. The molecule has 2 unspecified atom stereocenters. The van der Waals surface area contributed by atoms with E-state index in [-0.39, 0.29) is 48.6 Å². The quantitative estimate of drug-likeness (QED) is 0.0428. The van der Waals surface area contributed by atoms with Gasteiger partial charge in [0, 0.05) is 64.9 Å². The summed E-state index contributed by atoms with van der Waals surface area (Å²) in [5.74, 6) is -1.08. The van der Waals surface area contributed by atoms with Gasteiger partial charge in [0.1, 0.15) is 24.9 Å². The summed E-state index contributed by atoms with van der Waals surface area (Å²) in [6, 6.07) is -0.830. The molecule has 0 radical (unpaired) electrons. The third-order valence-electron chi connectivity index (χ3n) is 14.9. The van der Waals surface area contributed by atoms with Crippen molar-refractivity contribution in [1.82, 2.24) is 10.3 Å². The molecule has 1 aromatic heterocycles. The first kappa shape index (κ1) is 52.0. The normalized spacial score (nSPS) is 23.9. The van der Waals surface area contributed by atoms with Crippen LogP contribution >= 0.6 is 0 Å². The molecule has 5 rings (SSSR count). The van der Waals surface area contributed by atoms with E-state index in [2.05, 4.69) is 51.5 Å². The maximum absolute atomic E-state index is 14.4. The van der Waals surface area contributed by atoms with E-state index >= 15 is 0 Å². The van der Waals surface area contributed by atoms with Crippen molar-refractivity contribution in [3.8, 4) is 0 Å². The summed E-state index contributed by atoms with van der Waals surface area (Å²) < 4.78 is 11.0. The zero-order valence-electron chi connectivity index (χ0n) is 41.9. The first-order valence-electron chi connectivity index (χ1n) is 24.8. The van der Waals surface area contributed by atoms with E-state index in [0.717, 1.165) is 64.8 Å². The Balaban J connectivity index is 1.32. The number of hydrogen-bond acceptors (Lipinski definition) is 9. The van der Waals surface area contributed by atoms with Crippen LogP contribution in [0.25, 0.3) is 5.57 Å². The van der Waals surface area contributed by atoms with Crippen molar-refractivity contribution in [2.75, 3.05) is 13.7 Å². The van der Waals surface area contributed by atoms with Gasteiger partial charge in [0.2, 0.25) is 0 Å². The van der Waals surface area contributed by atoms with E-state index in [1.807, 2.05) is 40.7 Å². The Hall–Kier alpha value is -4.93. The molecule has 4 heterocycles. The van der Waals surface area contributed by atoms with Crippen LogP contribution in [0.15, 0.2) is 62.3 Å². The Morgan fingerprint density at radius 3 is 2.21 bits per heavy atom. The Morgan fingerprint density at radius 2 is 1.61 bits per heavy atom. The molecule has 360 valence electrons. The summed E-state index contributed by atoms with van der Waals surface area (Å²) in [5, 5.41) is 3.06. The van der Waals surface area contributed by atoms with Gasteiger partial charge in [-0.2, -0.15) is 0 Å². The molecule has 0 saturated carbocycles. The smallest absolute Gasteiger partial charge is 0.321 e. The fourth-order valence-electron chi connectivity index (χ4n) is 10.6. The van der Waals surface area contributed by atoms with Gasteiger partial charge in [-0.05, 0) is 99.5 Å². The number of fused-ring (bicyclic) bond motifs is 1. The molecule has 3 aliphatic heterocycles. The van der Waals surface area contributed by atoms with Gasteiger partial charge in [-0.25, -0.2) is 0 Å². The Morgan fingerprint density at radius 1 is 0.939 bits per heavy atom. The van der Waals surface area contributed by atoms with Crippen molar-refractivity contribution in [1.29, 1.82) is 0 Å². The van der Waals surface area contributed by atoms with Gasteiger partial charge in [-0.1, -0.05) is 105 Å². The number of amides is 1. The fraction of sp³-hybridized carbons (Fsp3) is 0.618. The molecule has 1 amide bonds. The van der Waals surface area contributed by atoms with Crippen LogP contribution in [0, 0.1) is 42.4 Å². The molecular weight excluding hydrogens is 829 g/mol. The number of aldehydes is 1. The van der Waals surface area contributed by atoms with E-state index in [9.17, 15) is 24.0 Å². The second-order valence-electron chi connectivity index (χ2n) is 20.1. The molecule has 0 saturated heterocycles. The van der Waals surface area contributed by atoms with Crippen LogP contribution in [-0.4, -0.2) is 72.1 Å². The van der Waals surface area contributed by atoms with E-state index in [1.54, 1.807) is 6.08 Å². The van der Waals surface area contributed by atoms with Crippen molar-refractivity contribution in [2.45, 2.75) is 171 Å². The molecule has 1 aromatic rings. The van der Waals surface area contributed by atoms with Crippen molar-refractivity contribution in [3.63, 3.8) is 0 Å². The minimum atomic E-state index is -1.25. The number of aromatic amines is 1. The maximum Gasteiger partial charge on any atom is 0.321 e.